The van der Waals surface area contributed by atoms with Crippen molar-refractivity contribution in [3.63, 3.8) is 0 Å². The molecule has 7 heteroatoms. The van der Waals surface area contributed by atoms with Crippen LogP contribution >= 0.6 is 0 Å². The summed E-state index contributed by atoms with van der Waals surface area (Å²) in [6.45, 7) is 4.81. The summed E-state index contributed by atoms with van der Waals surface area (Å²) in [6, 6.07) is 0.105. The molecule has 7 nitrogen and oxygen atoms in total. The number of fused-ring (bicyclic) bond motifs is 1. The largest absolute Gasteiger partial charge is 0.332 e. The van der Waals surface area contributed by atoms with E-state index in [1.807, 2.05) is 25.5 Å². The van der Waals surface area contributed by atoms with Gasteiger partial charge in [-0.05, 0) is 33.2 Å². The van der Waals surface area contributed by atoms with E-state index >= 15 is 0 Å². The molecule has 1 fully saturated rings. The Hall–Kier alpha value is -1.89. The summed E-state index contributed by atoms with van der Waals surface area (Å²) in [4.78, 5) is 29.4. The Bertz CT molecular complexity index is 805. The zero-order valence-electron chi connectivity index (χ0n) is 12.9. The summed E-state index contributed by atoms with van der Waals surface area (Å²) in [5.41, 5.74) is 0.386. The van der Waals surface area contributed by atoms with Crippen LogP contribution in [0, 0.1) is 0 Å². The highest BCUT2D eigenvalue weighted by molar-refractivity contribution is 5.71. The van der Waals surface area contributed by atoms with E-state index in [2.05, 4.69) is 10.3 Å². The molecule has 1 atom stereocenters. The molecule has 3 rings (SSSR count). The first-order valence-corrected chi connectivity index (χ1v) is 7.34. The van der Waals surface area contributed by atoms with Gasteiger partial charge in [-0.25, -0.2) is 9.78 Å². The summed E-state index contributed by atoms with van der Waals surface area (Å²) in [6.07, 6.45) is 2.10. The Morgan fingerprint density at radius 2 is 1.95 bits per heavy atom. The van der Waals surface area contributed by atoms with Crippen molar-refractivity contribution in [2.75, 3.05) is 6.54 Å². The van der Waals surface area contributed by atoms with E-state index in [4.69, 9.17) is 0 Å². The average Bonchev–Trinajstić information content (AvgIpc) is 3.04. The number of hydrogen-bond acceptors (Lipinski definition) is 4. The lowest BCUT2D eigenvalue weighted by Gasteiger charge is -2.12. The van der Waals surface area contributed by atoms with Crippen LogP contribution in [-0.2, 0) is 14.1 Å². The maximum atomic E-state index is 12.4. The van der Waals surface area contributed by atoms with Gasteiger partial charge in [-0.1, -0.05) is 0 Å². The monoisotopic (exact) mass is 291 g/mol. The van der Waals surface area contributed by atoms with Gasteiger partial charge in [0.15, 0.2) is 11.2 Å². The fraction of sp³-hybridized carbons (Fsp3) is 0.643. The normalized spacial score (nSPS) is 19.0. The molecule has 0 aliphatic carbocycles. The predicted octanol–water partition coefficient (Wildman–Crippen LogP) is 0.439. The Labute approximate surface area is 122 Å². The van der Waals surface area contributed by atoms with Gasteiger partial charge in [0.2, 0.25) is 0 Å². The molecule has 1 aliphatic heterocycles. The zero-order valence-corrected chi connectivity index (χ0v) is 12.9. The Morgan fingerprint density at radius 3 is 2.52 bits per heavy atom. The average molecular weight is 291 g/mol. The summed E-state index contributed by atoms with van der Waals surface area (Å²) >= 11 is 0. The van der Waals surface area contributed by atoms with Crippen LogP contribution in [0.4, 0.5) is 0 Å². The van der Waals surface area contributed by atoms with Crippen LogP contribution in [0.1, 0.15) is 44.6 Å². The van der Waals surface area contributed by atoms with Crippen molar-refractivity contribution in [3.8, 4) is 0 Å². The Balaban J connectivity index is 2.40. The number of imidazole rings is 1. The molecule has 2 aromatic rings. The molecular weight excluding hydrogens is 270 g/mol. The third kappa shape index (κ3) is 1.95. The number of hydrogen-bond donors (Lipinski definition) is 1. The topological polar surface area (TPSA) is 73.8 Å². The van der Waals surface area contributed by atoms with E-state index in [-0.39, 0.29) is 23.3 Å². The third-order valence-corrected chi connectivity index (χ3v) is 4.23. The number of rotatable bonds is 2. The lowest BCUT2D eigenvalue weighted by Crippen LogP contribution is -2.39. The standard InChI is InChI=1S/C14H21N5O2/c1-8(2)19-12-10(13(20)18(4)14(19)21)17(3)11(16-12)9-6-5-7-15-9/h8-9,15H,5-7H2,1-4H3. The number of aromatic nitrogens is 4. The van der Waals surface area contributed by atoms with Gasteiger partial charge in [-0.2, -0.15) is 0 Å². The zero-order chi connectivity index (χ0) is 15.3. The summed E-state index contributed by atoms with van der Waals surface area (Å²) < 4.78 is 4.59. The molecule has 0 aromatic carbocycles. The molecule has 1 saturated heterocycles. The first-order valence-electron chi connectivity index (χ1n) is 7.34. The second-order valence-electron chi connectivity index (χ2n) is 5.96. The Morgan fingerprint density at radius 1 is 1.24 bits per heavy atom. The van der Waals surface area contributed by atoms with Crippen molar-refractivity contribution in [2.24, 2.45) is 14.1 Å². The first kappa shape index (κ1) is 14.1. The maximum Gasteiger partial charge on any atom is 0.332 e. The molecule has 1 N–H and O–H groups in total. The molecule has 1 aliphatic rings. The third-order valence-electron chi connectivity index (χ3n) is 4.23. The summed E-state index contributed by atoms with van der Waals surface area (Å²) in [5.74, 6) is 0.833. The smallest absolute Gasteiger partial charge is 0.324 e. The highest BCUT2D eigenvalue weighted by Gasteiger charge is 2.25. The van der Waals surface area contributed by atoms with E-state index < -0.39 is 0 Å². The number of aryl methyl sites for hydroxylation is 1. The molecule has 0 spiro atoms. The fourth-order valence-electron chi connectivity index (χ4n) is 3.09. The molecule has 1 unspecified atom stereocenters. The van der Waals surface area contributed by atoms with Gasteiger partial charge in [0, 0.05) is 20.1 Å². The van der Waals surface area contributed by atoms with Crippen molar-refractivity contribution < 1.29 is 0 Å². The predicted molar refractivity (Wildman–Crippen MR) is 80.6 cm³/mol. The Kier molecular flexibility index (Phi) is 3.24. The second-order valence-corrected chi connectivity index (χ2v) is 5.96. The van der Waals surface area contributed by atoms with Crippen molar-refractivity contribution in [1.29, 1.82) is 0 Å². The molecular formula is C14H21N5O2. The van der Waals surface area contributed by atoms with Crippen LogP contribution < -0.4 is 16.6 Å². The van der Waals surface area contributed by atoms with Gasteiger partial charge < -0.3 is 9.88 Å². The van der Waals surface area contributed by atoms with Gasteiger partial charge in [0.05, 0.1) is 6.04 Å². The lowest BCUT2D eigenvalue weighted by molar-refractivity contribution is 0.551. The molecule has 0 saturated carbocycles. The summed E-state index contributed by atoms with van der Waals surface area (Å²) in [5, 5.41) is 3.39. The maximum absolute atomic E-state index is 12.4. The second kappa shape index (κ2) is 4.84. The minimum atomic E-state index is -0.313. The first-order chi connectivity index (χ1) is 9.93. The van der Waals surface area contributed by atoms with E-state index in [0.717, 1.165) is 29.8 Å². The highest BCUT2D eigenvalue weighted by atomic mass is 16.2. The van der Waals surface area contributed by atoms with Crippen LogP contribution in [0.5, 0.6) is 0 Å². The highest BCUT2D eigenvalue weighted by Crippen LogP contribution is 2.24. The van der Waals surface area contributed by atoms with Crippen LogP contribution in [0.25, 0.3) is 11.2 Å². The molecule has 2 aromatic heterocycles. The lowest BCUT2D eigenvalue weighted by atomic mass is 10.2. The van der Waals surface area contributed by atoms with Crippen molar-refractivity contribution >= 4 is 11.2 Å². The summed E-state index contributed by atoms with van der Waals surface area (Å²) in [7, 11) is 3.37. The molecule has 21 heavy (non-hydrogen) atoms. The molecule has 3 heterocycles. The van der Waals surface area contributed by atoms with Gasteiger partial charge in [0.1, 0.15) is 5.82 Å². The number of nitrogens with one attached hydrogen (secondary N) is 1. The minimum absolute atomic E-state index is 0.0499. The van der Waals surface area contributed by atoms with Crippen LogP contribution in [0.2, 0.25) is 0 Å². The van der Waals surface area contributed by atoms with Crippen molar-refractivity contribution in [3.05, 3.63) is 26.7 Å². The quantitative estimate of drug-likeness (QED) is 0.871. The van der Waals surface area contributed by atoms with Crippen molar-refractivity contribution in [2.45, 2.75) is 38.8 Å². The van der Waals surface area contributed by atoms with E-state index in [1.54, 1.807) is 4.57 Å². The van der Waals surface area contributed by atoms with Gasteiger partial charge in [0.25, 0.3) is 5.56 Å². The molecule has 0 bridgehead atoms. The van der Waals surface area contributed by atoms with E-state index in [1.165, 1.54) is 7.05 Å². The van der Waals surface area contributed by atoms with Crippen LogP contribution in [-0.4, -0.2) is 25.2 Å². The molecule has 0 amide bonds. The molecule has 0 radical (unpaired) electrons. The van der Waals surface area contributed by atoms with Gasteiger partial charge in [-0.15, -0.1) is 0 Å². The SMILES string of the molecule is CC(C)n1c(=O)n(C)c(=O)c2c1nc(C1CCCN1)n2C. The number of nitrogens with zero attached hydrogens (tertiary/aromatic N) is 4. The van der Waals surface area contributed by atoms with E-state index in [9.17, 15) is 9.59 Å². The fourth-order valence-corrected chi connectivity index (χ4v) is 3.09. The van der Waals surface area contributed by atoms with Gasteiger partial charge in [-0.3, -0.25) is 13.9 Å². The van der Waals surface area contributed by atoms with Gasteiger partial charge >= 0.3 is 5.69 Å². The van der Waals surface area contributed by atoms with Crippen LogP contribution in [0.15, 0.2) is 9.59 Å². The minimum Gasteiger partial charge on any atom is -0.324 e. The van der Waals surface area contributed by atoms with Crippen molar-refractivity contribution in [1.82, 2.24) is 24.0 Å². The van der Waals surface area contributed by atoms with Crippen LogP contribution in [0.3, 0.4) is 0 Å². The van der Waals surface area contributed by atoms with E-state index in [0.29, 0.717) is 11.2 Å². The molecule has 114 valence electrons.